The molecule has 0 aromatic rings. The number of rotatable bonds is 3. The Balaban J connectivity index is 1.60. The maximum absolute atomic E-state index is 13.6. The highest BCUT2D eigenvalue weighted by Crippen LogP contribution is 2.82. The molecule has 4 bridgehead atoms. The Hall–Kier alpha value is 0.910. The van der Waals surface area contributed by atoms with Gasteiger partial charge in [-0.3, -0.25) is 4.79 Å². The van der Waals surface area contributed by atoms with Crippen LogP contribution in [0.15, 0.2) is 0 Å². The molecule has 5 heteroatoms. The lowest BCUT2D eigenvalue weighted by atomic mass is 9.43. The Kier molecular flexibility index (Phi) is 4.07. The summed E-state index contributed by atoms with van der Waals surface area (Å²) in [6, 6.07) is 0.331. The van der Waals surface area contributed by atoms with Gasteiger partial charge in [0, 0.05) is 16.3 Å². The van der Waals surface area contributed by atoms with Crippen LogP contribution in [0.3, 0.4) is 0 Å². The number of halogens is 3. The highest BCUT2D eigenvalue weighted by Gasteiger charge is 2.83. The fourth-order valence-electron chi connectivity index (χ4n) is 7.41. The molecular weight excluding hydrogens is 510 g/mol. The van der Waals surface area contributed by atoms with Crippen LogP contribution >= 0.6 is 47.8 Å². The molecule has 0 spiro atoms. The molecule has 5 rings (SSSR count). The van der Waals surface area contributed by atoms with Gasteiger partial charge in [0.15, 0.2) is 0 Å². The number of fused-ring (bicyclic) bond motifs is 3. The van der Waals surface area contributed by atoms with Gasteiger partial charge in [0.05, 0.1) is 9.15 Å². The average molecular weight is 540 g/mol. The Morgan fingerprint density at radius 1 is 1.08 bits per heavy atom. The Morgan fingerprint density at radius 3 is 2.12 bits per heavy atom. The fraction of sp³-hybridized carbons (Fsp3) is 0.950. The highest BCUT2D eigenvalue weighted by molar-refractivity contribution is 9.24. The van der Waals surface area contributed by atoms with Crippen molar-refractivity contribution in [1.82, 2.24) is 5.32 Å². The third-order valence-corrected chi connectivity index (χ3v) is 13.2. The van der Waals surface area contributed by atoms with Crippen LogP contribution in [0.2, 0.25) is 0 Å². The summed E-state index contributed by atoms with van der Waals surface area (Å²) in [5, 5.41) is 3.57. The van der Waals surface area contributed by atoms with Crippen molar-refractivity contribution in [2.45, 2.75) is 81.3 Å². The zero-order chi connectivity index (χ0) is 18.6. The van der Waals surface area contributed by atoms with Crippen LogP contribution in [-0.4, -0.2) is 20.5 Å². The molecule has 6 unspecified atom stereocenters. The van der Waals surface area contributed by atoms with E-state index in [1.54, 1.807) is 0 Å². The maximum Gasteiger partial charge on any atom is 0.228 e. The number of carbonyl (C=O) groups excluding carboxylic acids is 1. The van der Waals surface area contributed by atoms with Crippen LogP contribution in [0.5, 0.6) is 0 Å². The lowest BCUT2D eigenvalue weighted by Crippen LogP contribution is -2.72. The molecule has 5 aliphatic rings. The molecule has 0 saturated heterocycles. The predicted molar refractivity (Wildman–Crippen MR) is 113 cm³/mol. The van der Waals surface area contributed by atoms with Crippen molar-refractivity contribution in [2.24, 2.45) is 33.0 Å². The zero-order valence-corrected chi connectivity index (χ0v) is 20.6. The van der Waals surface area contributed by atoms with E-state index in [-0.39, 0.29) is 30.2 Å². The lowest BCUT2D eigenvalue weighted by Gasteiger charge is -2.66. The summed E-state index contributed by atoms with van der Waals surface area (Å²) < 4.78 is 0.231. The van der Waals surface area contributed by atoms with Crippen molar-refractivity contribution in [1.29, 1.82) is 0 Å². The van der Waals surface area contributed by atoms with E-state index < -0.39 is 0 Å². The second-order valence-corrected chi connectivity index (χ2v) is 14.4. The Bertz CT molecular complexity index is 632. The molecule has 5 aliphatic carbocycles. The van der Waals surface area contributed by atoms with Crippen LogP contribution < -0.4 is 5.32 Å². The van der Waals surface area contributed by atoms with Crippen molar-refractivity contribution >= 4 is 53.7 Å². The van der Waals surface area contributed by atoms with Crippen molar-refractivity contribution < 1.29 is 4.79 Å². The smallest absolute Gasteiger partial charge is 0.228 e. The zero-order valence-electron chi connectivity index (χ0n) is 15.9. The van der Waals surface area contributed by atoms with Crippen molar-refractivity contribution in [3.63, 3.8) is 0 Å². The summed E-state index contributed by atoms with van der Waals surface area (Å²) in [6.07, 6.45) is 5.79. The van der Waals surface area contributed by atoms with Gasteiger partial charge < -0.3 is 5.32 Å². The number of hydrogen-bond acceptors (Lipinski definition) is 1. The molecule has 0 heterocycles. The van der Waals surface area contributed by atoms with E-state index in [1.807, 2.05) is 0 Å². The standard InChI is InChI=1S/C20H30Br3NO/c1-16(2)11-6-7-18(16,5)12(10-11)24-15(25)20-9-8-19(13(20)21,14(22)23)17(20,3)4/h11-14H,6-10H2,1-5H3,(H,24,25). The van der Waals surface area contributed by atoms with Crippen molar-refractivity contribution in [3.8, 4) is 0 Å². The second-order valence-electron chi connectivity index (χ2n) is 10.4. The van der Waals surface area contributed by atoms with Crippen LogP contribution in [0.25, 0.3) is 0 Å². The van der Waals surface area contributed by atoms with E-state index in [1.165, 1.54) is 12.8 Å². The minimum atomic E-state index is -0.283. The number of nitrogens with one attached hydrogen (secondary N) is 1. The third-order valence-electron chi connectivity index (χ3n) is 9.99. The van der Waals surface area contributed by atoms with Gasteiger partial charge in [-0.2, -0.15) is 0 Å². The first-order chi connectivity index (χ1) is 11.4. The first kappa shape index (κ1) is 19.2. The van der Waals surface area contributed by atoms with Crippen LogP contribution in [0.1, 0.15) is 66.7 Å². The molecule has 142 valence electrons. The van der Waals surface area contributed by atoms with E-state index in [2.05, 4.69) is 87.7 Å². The molecule has 0 aliphatic heterocycles. The molecule has 5 saturated carbocycles. The van der Waals surface area contributed by atoms with E-state index >= 15 is 0 Å². The van der Waals surface area contributed by atoms with E-state index in [0.29, 0.717) is 17.4 Å². The summed E-state index contributed by atoms with van der Waals surface area (Å²) in [6.45, 7) is 11.8. The van der Waals surface area contributed by atoms with Crippen LogP contribution in [-0.2, 0) is 4.79 Å². The molecule has 1 N–H and O–H groups in total. The minimum Gasteiger partial charge on any atom is -0.352 e. The SMILES string of the molecule is CC1(C)C2CCC1(C)C(NC(=O)C13CCC(C(Br)Br)(C1Br)C3(C)C)C2. The second kappa shape index (κ2) is 5.28. The fourth-order valence-corrected chi connectivity index (χ4v) is 12.3. The lowest BCUT2D eigenvalue weighted by molar-refractivity contribution is -0.163. The van der Waals surface area contributed by atoms with Crippen LogP contribution in [0, 0.1) is 33.0 Å². The van der Waals surface area contributed by atoms with E-state index in [9.17, 15) is 4.79 Å². The Labute approximate surface area is 177 Å². The largest absolute Gasteiger partial charge is 0.352 e. The van der Waals surface area contributed by atoms with Gasteiger partial charge in [0.1, 0.15) is 0 Å². The van der Waals surface area contributed by atoms with E-state index in [4.69, 9.17) is 0 Å². The quantitative estimate of drug-likeness (QED) is 0.438. The van der Waals surface area contributed by atoms with Crippen molar-refractivity contribution in [3.05, 3.63) is 0 Å². The molecule has 6 atom stereocenters. The number of hydrogen-bond donors (Lipinski definition) is 1. The highest BCUT2D eigenvalue weighted by atomic mass is 79.9. The molecular formula is C20H30Br3NO. The number of amides is 1. The van der Waals surface area contributed by atoms with Gasteiger partial charge in [-0.1, -0.05) is 82.4 Å². The van der Waals surface area contributed by atoms with Crippen LogP contribution in [0.4, 0.5) is 0 Å². The minimum absolute atomic E-state index is 0.0239. The predicted octanol–water partition coefficient (Wildman–Crippen LogP) is 6.00. The molecule has 0 radical (unpaired) electrons. The van der Waals surface area contributed by atoms with Gasteiger partial charge >= 0.3 is 0 Å². The molecule has 2 nitrogen and oxygen atoms in total. The molecule has 25 heavy (non-hydrogen) atoms. The summed E-state index contributed by atoms with van der Waals surface area (Å²) in [7, 11) is 0. The van der Waals surface area contributed by atoms with Gasteiger partial charge in [-0.05, 0) is 54.3 Å². The van der Waals surface area contributed by atoms with Gasteiger partial charge in [-0.15, -0.1) is 0 Å². The third kappa shape index (κ3) is 1.81. The first-order valence-electron chi connectivity index (χ1n) is 9.63. The molecule has 1 amide bonds. The first-order valence-corrected chi connectivity index (χ1v) is 12.4. The molecule has 5 fully saturated rings. The summed E-state index contributed by atoms with van der Waals surface area (Å²) in [5.74, 6) is 1.05. The summed E-state index contributed by atoms with van der Waals surface area (Å²) in [5.41, 5.74) is 0.367. The molecule has 0 aromatic carbocycles. The van der Waals surface area contributed by atoms with Gasteiger partial charge in [0.25, 0.3) is 0 Å². The summed E-state index contributed by atoms with van der Waals surface area (Å²) >= 11 is 11.5. The van der Waals surface area contributed by atoms with E-state index in [0.717, 1.165) is 25.2 Å². The maximum atomic E-state index is 13.6. The van der Waals surface area contributed by atoms with Crippen molar-refractivity contribution in [2.75, 3.05) is 0 Å². The normalized spacial score (nSPS) is 51.6. The monoisotopic (exact) mass is 537 g/mol. The number of carbonyl (C=O) groups is 1. The van der Waals surface area contributed by atoms with Gasteiger partial charge in [-0.25, -0.2) is 0 Å². The average Bonchev–Trinajstić information content (AvgIpc) is 3.11. The summed E-state index contributed by atoms with van der Waals surface area (Å²) in [4.78, 5) is 13.8. The number of alkyl halides is 3. The Morgan fingerprint density at radius 2 is 1.72 bits per heavy atom. The van der Waals surface area contributed by atoms with Gasteiger partial charge in [0.2, 0.25) is 5.91 Å². The topological polar surface area (TPSA) is 29.1 Å². The molecule has 0 aromatic heterocycles.